The van der Waals surface area contributed by atoms with Crippen LogP contribution < -0.4 is 9.64 Å². The van der Waals surface area contributed by atoms with Gasteiger partial charge in [0.1, 0.15) is 23.3 Å². The number of aliphatic carboxylic acids is 1. The van der Waals surface area contributed by atoms with Gasteiger partial charge < -0.3 is 29.5 Å². The molecule has 3 saturated heterocycles. The third-order valence-electron chi connectivity index (χ3n) is 7.82. The maximum absolute atomic E-state index is 14.2. The average Bonchev–Trinajstić information content (AvgIpc) is 3.45. The van der Waals surface area contributed by atoms with Gasteiger partial charge in [-0.3, -0.25) is 14.4 Å². The number of methoxy groups -OCH3 is 1. The molecule has 3 heterocycles. The Hall–Kier alpha value is -2.91. The van der Waals surface area contributed by atoms with E-state index in [4.69, 9.17) is 9.47 Å². The highest BCUT2D eigenvalue weighted by Crippen LogP contribution is 2.64. The Bertz CT molecular complexity index is 995. The van der Waals surface area contributed by atoms with E-state index in [2.05, 4.69) is 6.58 Å². The second-order valence-corrected chi connectivity index (χ2v) is 9.38. The lowest BCUT2D eigenvalue weighted by atomic mass is 9.65. The summed E-state index contributed by atoms with van der Waals surface area (Å²) in [5, 5.41) is 20.0. The molecule has 9 heteroatoms. The number of amides is 2. The molecule has 1 aromatic carbocycles. The number of benzene rings is 1. The third-order valence-corrected chi connectivity index (χ3v) is 7.82. The molecule has 3 aliphatic rings. The first-order valence-corrected chi connectivity index (χ1v) is 11.6. The highest BCUT2D eigenvalue weighted by molar-refractivity contribution is 6.05. The summed E-state index contributed by atoms with van der Waals surface area (Å²) in [7, 11) is 1.55. The van der Waals surface area contributed by atoms with Gasteiger partial charge >= 0.3 is 5.97 Å². The number of anilines is 1. The largest absolute Gasteiger partial charge is 0.497 e. The molecule has 1 spiro atoms. The summed E-state index contributed by atoms with van der Waals surface area (Å²) in [6, 6.07) is 5.21. The van der Waals surface area contributed by atoms with Gasteiger partial charge in [-0.25, -0.2) is 0 Å². The van der Waals surface area contributed by atoms with Gasteiger partial charge in [0, 0.05) is 12.2 Å². The summed E-state index contributed by atoms with van der Waals surface area (Å²) in [4.78, 5) is 43.2. The highest BCUT2D eigenvalue weighted by atomic mass is 16.5. The first-order valence-electron chi connectivity index (χ1n) is 11.6. The Morgan fingerprint density at radius 1 is 1.35 bits per heavy atom. The molecular weight excluding hydrogens is 440 g/mol. The predicted octanol–water partition coefficient (Wildman–Crippen LogP) is 1.83. The Morgan fingerprint density at radius 3 is 2.56 bits per heavy atom. The number of aliphatic hydroxyl groups is 1. The molecule has 2 amide bonds. The van der Waals surface area contributed by atoms with Crippen LogP contribution in [0.3, 0.4) is 0 Å². The van der Waals surface area contributed by atoms with Crippen molar-refractivity contribution >= 4 is 23.5 Å². The molecule has 1 aromatic rings. The lowest BCUT2D eigenvalue weighted by Crippen LogP contribution is -2.58. The van der Waals surface area contributed by atoms with E-state index in [1.165, 1.54) is 9.80 Å². The van der Waals surface area contributed by atoms with Gasteiger partial charge in [0.2, 0.25) is 5.91 Å². The molecule has 6 atom stereocenters. The topological polar surface area (TPSA) is 117 Å². The van der Waals surface area contributed by atoms with E-state index in [0.717, 1.165) is 0 Å². The molecule has 0 aromatic heterocycles. The van der Waals surface area contributed by atoms with E-state index in [0.29, 0.717) is 30.7 Å². The second-order valence-electron chi connectivity index (χ2n) is 9.38. The first kappa shape index (κ1) is 24.2. The Kier molecular flexibility index (Phi) is 6.20. The molecule has 2 unspecified atom stereocenters. The molecular formula is C25H32N2O7. The van der Waals surface area contributed by atoms with Gasteiger partial charge in [-0.05, 0) is 50.5 Å². The number of carboxylic acids is 1. The number of hydrogen-bond donors (Lipinski definition) is 2. The molecule has 3 aliphatic heterocycles. The zero-order chi connectivity index (χ0) is 24.8. The lowest BCUT2D eigenvalue weighted by Gasteiger charge is -2.38. The maximum atomic E-state index is 14.2. The van der Waals surface area contributed by atoms with Crippen molar-refractivity contribution in [2.24, 2.45) is 11.8 Å². The van der Waals surface area contributed by atoms with Crippen LogP contribution in [-0.2, 0) is 19.1 Å². The monoisotopic (exact) mass is 472 g/mol. The standard InChI is InChI=1S/C25H32N2O7/c1-5-13-26(16-7-9-17(33-4)10-8-16)22(30)20-25-12-11-24(6-2,34-25)19(23(31)32)18(25)21(29)27(20)15(3)14-28/h5,7-10,15,18-20,28H,1,6,11-14H2,2-4H3,(H,31,32)/t15-,18+,19+,20?,24-,25?/m1/s1. The van der Waals surface area contributed by atoms with E-state index in [1.54, 1.807) is 44.4 Å². The highest BCUT2D eigenvalue weighted by Gasteiger charge is 2.79. The fourth-order valence-corrected chi connectivity index (χ4v) is 6.23. The summed E-state index contributed by atoms with van der Waals surface area (Å²) in [6.45, 7) is 7.10. The van der Waals surface area contributed by atoms with E-state index in [1.807, 2.05) is 6.92 Å². The number of ether oxygens (including phenoxy) is 2. The van der Waals surface area contributed by atoms with Crippen LogP contribution in [0, 0.1) is 11.8 Å². The molecule has 34 heavy (non-hydrogen) atoms. The maximum Gasteiger partial charge on any atom is 0.310 e. The summed E-state index contributed by atoms with van der Waals surface area (Å²) < 4.78 is 11.7. The number of carbonyl (C=O) groups is 3. The molecule has 9 nitrogen and oxygen atoms in total. The van der Waals surface area contributed by atoms with Crippen molar-refractivity contribution in [3.8, 4) is 5.75 Å². The smallest absolute Gasteiger partial charge is 0.310 e. The van der Waals surface area contributed by atoms with Gasteiger partial charge in [0.25, 0.3) is 5.91 Å². The van der Waals surface area contributed by atoms with E-state index in [-0.39, 0.29) is 19.1 Å². The number of rotatable bonds is 9. The Balaban J connectivity index is 1.83. The molecule has 0 radical (unpaired) electrons. The van der Waals surface area contributed by atoms with Crippen LogP contribution in [-0.4, -0.2) is 76.4 Å². The summed E-state index contributed by atoms with van der Waals surface area (Å²) in [5.74, 6) is -3.33. The van der Waals surface area contributed by atoms with Crippen molar-refractivity contribution in [3.63, 3.8) is 0 Å². The van der Waals surface area contributed by atoms with E-state index in [9.17, 15) is 24.6 Å². The predicted molar refractivity (Wildman–Crippen MR) is 123 cm³/mol. The zero-order valence-electron chi connectivity index (χ0n) is 19.8. The van der Waals surface area contributed by atoms with E-state index < -0.39 is 47.0 Å². The van der Waals surface area contributed by atoms with Gasteiger partial charge in [-0.2, -0.15) is 0 Å². The number of aliphatic hydroxyl groups excluding tert-OH is 1. The summed E-state index contributed by atoms with van der Waals surface area (Å²) in [5.41, 5.74) is -1.66. The normalized spacial score (nSPS) is 32.4. The minimum atomic E-state index is -1.26. The minimum absolute atomic E-state index is 0.180. The van der Waals surface area contributed by atoms with Crippen molar-refractivity contribution in [2.75, 3.05) is 25.2 Å². The number of carbonyl (C=O) groups excluding carboxylic acids is 2. The van der Waals surface area contributed by atoms with Crippen LogP contribution in [0.2, 0.25) is 0 Å². The molecule has 2 bridgehead atoms. The van der Waals surface area contributed by atoms with Gasteiger partial charge in [-0.15, -0.1) is 6.58 Å². The van der Waals surface area contributed by atoms with Crippen LogP contribution in [0.25, 0.3) is 0 Å². The SMILES string of the molecule is C=CCN(C(=O)C1N([C@H](C)CO)C(=O)[C@@H]2[C@@H](C(=O)O)[C@@]3(CC)CCC12O3)c1ccc(OC)cc1. The first-order chi connectivity index (χ1) is 16.2. The van der Waals surface area contributed by atoms with Crippen LogP contribution in [0.1, 0.15) is 33.1 Å². The second kappa shape index (κ2) is 8.70. The minimum Gasteiger partial charge on any atom is -0.497 e. The van der Waals surface area contributed by atoms with Gasteiger partial charge in [0.05, 0.1) is 31.3 Å². The molecule has 2 N–H and O–H groups in total. The number of hydrogen-bond acceptors (Lipinski definition) is 6. The fraction of sp³-hybridized carbons (Fsp3) is 0.560. The number of nitrogens with zero attached hydrogens (tertiary/aromatic N) is 2. The zero-order valence-corrected chi connectivity index (χ0v) is 19.8. The summed E-state index contributed by atoms with van der Waals surface area (Å²) in [6.07, 6.45) is 2.88. The summed E-state index contributed by atoms with van der Waals surface area (Å²) >= 11 is 0. The molecule has 4 rings (SSSR count). The van der Waals surface area contributed by atoms with Crippen LogP contribution in [0.4, 0.5) is 5.69 Å². The Morgan fingerprint density at radius 2 is 2.03 bits per heavy atom. The number of likely N-dealkylation sites (tertiary alicyclic amines) is 1. The molecule has 3 fully saturated rings. The van der Waals surface area contributed by atoms with Crippen LogP contribution >= 0.6 is 0 Å². The lowest BCUT2D eigenvalue weighted by molar-refractivity contribution is -0.157. The van der Waals surface area contributed by atoms with Crippen molar-refractivity contribution in [2.45, 2.75) is 56.4 Å². The molecule has 184 valence electrons. The van der Waals surface area contributed by atoms with E-state index >= 15 is 0 Å². The number of fused-ring (bicyclic) bond motifs is 1. The van der Waals surface area contributed by atoms with Crippen molar-refractivity contribution in [1.29, 1.82) is 0 Å². The quantitative estimate of drug-likeness (QED) is 0.527. The molecule has 0 saturated carbocycles. The van der Waals surface area contributed by atoms with Crippen molar-refractivity contribution in [3.05, 3.63) is 36.9 Å². The third kappa shape index (κ3) is 3.25. The molecule has 0 aliphatic carbocycles. The van der Waals surface area contributed by atoms with Crippen LogP contribution in [0.5, 0.6) is 5.75 Å². The van der Waals surface area contributed by atoms with Crippen molar-refractivity contribution < 1.29 is 34.1 Å². The van der Waals surface area contributed by atoms with Gasteiger partial charge in [-0.1, -0.05) is 13.0 Å². The fourth-order valence-electron chi connectivity index (χ4n) is 6.23. The Labute approximate surface area is 198 Å². The van der Waals surface area contributed by atoms with Crippen LogP contribution in [0.15, 0.2) is 36.9 Å². The number of carboxylic acid groups (broad SMARTS) is 1. The van der Waals surface area contributed by atoms with Gasteiger partial charge in [0.15, 0.2) is 0 Å². The average molecular weight is 473 g/mol. The van der Waals surface area contributed by atoms with Crippen molar-refractivity contribution in [1.82, 2.24) is 4.90 Å².